The number of rotatable bonds is 6. The Labute approximate surface area is 159 Å². The summed E-state index contributed by atoms with van der Waals surface area (Å²) >= 11 is 0. The van der Waals surface area contributed by atoms with Gasteiger partial charge in [0.2, 0.25) is 0 Å². The van der Waals surface area contributed by atoms with Crippen molar-refractivity contribution in [1.82, 2.24) is 15.5 Å². The maximum absolute atomic E-state index is 12.4. The van der Waals surface area contributed by atoms with Crippen LogP contribution in [0.4, 0.5) is 13.2 Å². The molecule has 28 heavy (non-hydrogen) atoms. The van der Waals surface area contributed by atoms with Crippen molar-refractivity contribution in [3.8, 4) is 17.0 Å². The molecule has 0 radical (unpaired) electrons. The predicted molar refractivity (Wildman–Crippen MR) is 96.6 cm³/mol. The minimum atomic E-state index is -4.41. The molecule has 1 heterocycles. The Balaban J connectivity index is 1.63. The summed E-state index contributed by atoms with van der Waals surface area (Å²) in [7, 11) is 0. The van der Waals surface area contributed by atoms with Crippen LogP contribution in [-0.2, 0) is 6.54 Å². The summed E-state index contributed by atoms with van der Waals surface area (Å²) in [6.45, 7) is -1.24. The van der Waals surface area contributed by atoms with Gasteiger partial charge in [-0.05, 0) is 23.8 Å². The second-order valence-electron chi connectivity index (χ2n) is 5.93. The van der Waals surface area contributed by atoms with Crippen LogP contribution in [0.15, 0.2) is 66.9 Å². The fraction of sp³-hybridized carbons (Fsp3) is 0.150. The monoisotopic (exact) mass is 387 g/mol. The average molecular weight is 387 g/mol. The highest BCUT2D eigenvalue weighted by molar-refractivity contribution is 5.94. The smallest absolute Gasteiger partial charge is 0.422 e. The van der Waals surface area contributed by atoms with Gasteiger partial charge < -0.3 is 10.1 Å². The van der Waals surface area contributed by atoms with Gasteiger partial charge in [0.25, 0.3) is 5.91 Å². The molecular formula is C20H16F3N3O2. The van der Waals surface area contributed by atoms with Crippen molar-refractivity contribution in [3.05, 3.63) is 78.0 Å². The molecule has 0 bridgehead atoms. The third-order valence-corrected chi connectivity index (χ3v) is 3.74. The fourth-order valence-electron chi connectivity index (χ4n) is 2.44. The van der Waals surface area contributed by atoms with E-state index in [4.69, 9.17) is 4.74 Å². The number of halogens is 3. The zero-order chi connectivity index (χ0) is 20.0. The first-order valence-corrected chi connectivity index (χ1v) is 8.35. The summed E-state index contributed by atoms with van der Waals surface area (Å²) in [5.41, 5.74) is 2.34. The van der Waals surface area contributed by atoms with Gasteiger partial charge in [-0.1, -0.05) is 42.5 Å². The summed E-state index contributed by atoms with van der Waals surface area (Å²) in [5, 5.41) is 10.6. The van der Waals surface area contributed by atoms with Crippen LogP contribution in [0.2, 0.25) is 0 Å². The van der Waals surface area contributed by atoms with Gasteiger partial charge in [0.05, 0.1) is 17.5 Å². The summed E-state index contributed by atoms with van der Waals surface area (Å²) in [4.78, 5) is 12.4. The van der Waals surface area contributed by atoms with E-state index in [1.54, 1.807) is 18.2 Å². The molecule has 0 fully saturated rings. The topological polar surface area (TPSA) is 64.1 Å². The number of hydrogen-bond acceptors (Lipinski definition) is 4. The van der Waals surface area contributed by atoms with E-state index < -0.39 is 12.8 Å². The highest BCUT2D eigenvalue weighted by Gasteiger charge is 2.28. The van der Waals surface area contributed by atoms with Gasteiger partial charge >= 0.3 is 6.18 Å². The lowest BCUT2D eigenvalue weighted by Gasteiger charge is -2.11. The van der Waals surface area contributed by atoms with E-state index in [-0.39, 0.29) is 18.2 Å². The van der Waals surface area contributed by atoms with Crippen LogP contribution >= 0.6 is 0 Å². The lowest BCUT2D eigenvalue weighted by Crippen LogP contribution is -2.23. The quantitative estimate of drug-likeness (QED) is 0.694. The molecule has 0 atom stereocenters. The Morgan fingerprint density at radius 2 is 1.82 bits per heavy atom. The average Bonchev–Trinajstić information content (AvgIpc) is 2.71. The number of carbonyl (C=O) groups is 1. The van der Waals surface area contributed by atoms with Gasteiger partial charge in [-0.2, -0.15) is 23.4 Å². The third kappa shape index (κ3) is 5.54. The van der Waals surface area contributed by atoms with Crippen LogP contribution in [0.5, 0.6) is 5.75 Å². The summed E-state index contributed by atoms with van der Waals surface area (Å²) < 4.78 is 41.4. The number of nitrogens with one attached hydrogen (secondary N) is 1. The molecule has 8 heteroatoms. The molecule has 0 aliphatic carbocycles. The molecule has 0 aliphatic heterocycles. The fourth-order valence-corrected chi connectivity index (χ4v) is 2.44. The normalized spacial score (nSPS) is 11.1. The van der Waals surface area contributed by atoms with Crippen molar-refractivity contribution in [2.24, 2.45) is 0 Å². The zero-order valence-electron chi connectivity index (χ0n) is 14.6. The highest BCUT2D eigenvalue weighted by Crippen LogP contribution is 2.20. The van der Waals surface area contributed by atoms with E-state index in [9.17, 15) is 18.0 Å². The maximum Gasteiger partial charge on any atom is 0.422 e. The van der Waals surface area contributed by atoms with Crippen LogP contribution in [0.3, 0.4) is 0 Å². The van der Waals surface area contributed by atoms with Crippen molar-refractivity contribution < 1.29 is 22.7 Å². The molecular weight excluding hydrogens is 371 g/mol. The van der Waals surface area contributed by atoms with Gasteiger partial charge in [-0.3, -0.25) is 4.79 Å². The maximum atomic E-state index is 12.4. The number of nitrogens with zero attached hydrogens (tertiary/aromatic N) is 2. The molecule has 5 nitrogen and oxygen atoms in total. The second kappa shape index (κ2) is 8.51. The first-order valence-electron chi connectivity index (χ1n) is 8.35. The predicted octanol–water partition coefficient (Wildman–Crippen LogP) is 4.01. The minimum Gasteiger partial charge on any atom is -0.484 e. The van der Waals surface area contributed by atoms with E-state index in [0.29, 0.717) is 16.8 Å². The lowest BCUT2D eigenvalue weighted by molar-refractivity contribution is -0.153. The Morgan fingerprint density at radius 1 is 1.04 bits per heavy atom. The van der Waals surface area contributed by atoms with Crippen molar-refractivity contribution >= 4 is 5.91 Å². The van der Waals surface area contributed by atoms with Crippen molar-refractivity contribution in [2.45, 2.75) is 12.7 Å². The molecule has 3 aromatic rings. The standard InChI is InChI=1S/C20H16F3N3O2/c21-20(22,23)13-28-17-8-4-5-14(9-17)11-24-19(27)16-10-18(26-25-12-16)15-6-2-1-3-7-15/h1-10,12H,11,13H2,(H,24,27). The van der Waals surface area contributed by atoms with E-state index in [1.807, 2.05) is 30.3 Å². The van der Waals surface area contributed by atoms with Crippen molar-refractivity contribution in [3.63, 3.8) is 0 Å². The number of aromatic nitrogens is 2. The molecule has 1 amide bonds. The van der Waals surface area contributed by atoms with Gasteiger partial charge in [0, 0.05) is 12.1 Å². The summed E-state index contributed by atoms with van der Waals surface area (Å²) in [6.07, 6.45) is -3.06. The van der Waals surface area contributed by atoms with Gasteiger partial charge in [0.1, 0.15) is 5.75 Å². The van der Waals surface area contributed by atoms with E-state index in [1.165, 1.54) is 18.3 Å². The third-order valence-electron chi connectivity index (χ3n) is 3.74. The molecule has 0 unspecified atom stereocenters. The van der Waals surface area contributed by atoms with Crippen LogP contribution in [0.1, 0.15) is 15.9 Å². The molecule has 1 N–H and O–H groups in total. The number of benzene rings is 2. The van der Waals surface area contributed by atoms with Gasteiger partial charge in [-0.25, -0.2) is 0 Å². The number of amides is 1. The number of alkyl halides is 3. The zero-order valence-corrected chi connectivity index (χ0v) is 14.6. The van der Waals surface area contributed by atoms with Gasteiger partial charge in [0.15, 0.2) is 6.61 Å². The summed E-state index contributed by atoms with van der Waals surface area (Å²) in [5.74, 6) is -0.283. The summed E-state index contributed by atoms with van der Waals surface area (Å²) in [6, 6.07) is 17.1. The molecule has 144 valence electrons. The Hall–Kier alpha value is -3.42. The number of carbonyl (C=O) groups excluding carboxylic acids is 1. The van der Waals surface area contributed by atoms with E-state index >= 15 is 0 Å². The van der Waals surface area contributed by atoms with E-state index in [0.717, 1.165) is 5.56 Å². The number of ether oxygens (including phenoxy) is 1. The van der Waals surface area contributed by atoms with Crippen molar-refractivity contribution in [1.29, 1.82) is 0 Å². The second-order valence-corrected chi connectivity index (χ2v) is 5.93. The molecule has 0 saturated heterocycles. The Kier molecular flexibility index (Phi) is 5.88. The lowest BCUT2D eigenvalue weighted by atomic mass is 10.1. The molecule has 0 saturated carbocycles. The van der Waals surface area contributed by atoms with Crippen LogP contribution < -0.4 is 10.1 Å². The molecule has 0 spiro atoms. The largest absolute Gasteiger partial charge is 0.484 e. The van der Waals surface area contributed by atoms with Crippen LogP contribution in [0, 0.1) is 0 Å². The SMILES string of the molecule is O=C(NCc1cccc(OCC(F)(F)F)c1)c1cnnc(-c2ccccc2)c1. The van der Waals surface area contributed by atoms with Gasteiger partial charge in [-0.15, -0.1) is 0 Å². The van der Waals surface area contributed by atoms with Crippen molar-refractivity contribution in [2.75, 3.05) is 6.61 Å². The highest BCUT2D eigenvalue weighted by atomic mass is 19.4. The molecule has 1 aromatic heterocycles. The Morgan fingerprint density at radius 3 is 2.57 bits per heavy atom. The molecule has 2 aromatic carbocycles. The van der Waals surface area contributed by atoms with Crippen LogP contribution in [0.25, 0.3) is 11.3 Å². The number of hydrogen-bond donors (Lipinski definition) is 1. The van der Waals surface area contributed by atoms with E-state index in [2.05, 4.69) is 15.5 Å². The molecule has 3 rings (SSSR count). The first-order chi connectivity index (χ1) is 13.4. The minimum absolute atomic E-state index is 0.0843. The Bertz CT molecular complexity index is 947. The molecule has 0 aliphatic rings. The first kappa shape index (κ1) is 19.3. The van der Waals surface area contributed by atoms with Crippen LogP contribution in [-0.4, -0.2) is 28.9 Å².